The standard InChI is InChI=1S/C14H21NO2/c1-15(8-9-16)10-13-4-2-3-5-14(13)17-11-12-6-7-12/h2-5,12,16H,6-11H2,1H3. The Hall–Kier alpha value is -1.06. The fraction of sp³-hybridized carbons (Fsp3) is 0.571. The van der Waals surface area contributed by atoms with Gasteiger partial charge in [0, 0.05) is 18.7 Å². The molecule has 0 aromatic heterocycles. The summed E-state index contributed by atoms with van der Waals surface area (Å²) < 4.78 is 5.85. The van der Waals surface area contributed by atoms with Crippen molar-refractivity contribution in [2.75, 3.05) is 26.8 Å². The van der Waals surface area contributed by atoms with E-state index in [1.54, 1.807) is 0 Å². The van der Waals surface area contributed by atoms with E-state index in [9.17, 15) is 0 Å². The molecule has 3 heteroatoms. The van der Waals surface area contributed by atoms with Crippen LogP contribution in [0.4, 0.5) is 0 Å². The fourth-order valence-electron chi connectivity index (χ4n) is 1.81. The smallest absolute Gasteiger partial charge is 0.123 e. The number of nitrogens with zero attached hydrogens (tertiary/aromatic N) is 1. The van der Waals surface area contributed by atoms with E-state index in [2.05, 4.69) is 11.0 Å². The Morgan fingerprint density at radius 2 is 2.12 bits per heavy atom. The second-order valence-corrected chi connectivity index (χ2v) is 4.82. The van der Waals surface area contributed by atoms with Crippen LogP contribution in [-0.4, -0.2) is 36.8 Å². The van der Waals surface area contributed by atoms with Crippen LogP contribution in [0.1, 0.15) is 18.4 Å². The van der Waals surface area contributed by atoms with Gasteiger partial charge in [-0.3, -0.25) is 4.90 Å². The maximum Gasteiger partial charge on any atom is 0.123 e. The van der Waals surface area contributed by atoms with Crippen molar-refractivity contribution in [2.45, 2.75) is 19.4 Å². The van der Waals surface area contributed by atoms with Crippen molar-refractivity contribution in [3.05, 3.63) is 29.8 Å². The molecule has 3 nitrogen and oxygen atoms in total. The van der Waals surface area contributed by atoms with Crippen LogP contribution in [0.25, 0.3) is 0 Å². The first-order chi connectivity index (χ1) is 8.29. The summed E-state index contributed by atoms with van der Waals surface area (Å²) in [5.41, 5.74) is 1.20. The molecule has 1 aromatic rings. The van der Waals surface area contributed by atoms with Crippen molar-refractivity contribution in [2.24, 2.45) is 5.92 Å². The molecule has 0 amide bonds. The van der Waals surface area contributed by atoms with Gasteiger partial charge in [-0.15, -0.1) is 0 Å². The lowest BCUT2D eigenvalue weighted by molar-refractivity contribution is 0.214. The molecular weight excluding hydrogens is 214 g/mol. The quantitative estimate of drug-likeness (QED) is 0.783. The molecule has 0 heterocycles. The summed E-state index contributed by atoms with van der Waals surface area (Å²) in [6, 6.07) is 8.17. The third-order valence-corrected chi connectivity index (χ3v) is 3.07. The van der Waals surface area contributed by atoms with Gasteiger partial charge < -0.3 is 9.84 Å². The lowest BCUT2D eigenvalue weighted by Crippen LogP contribution is -2.21. The highest BCUT2D eigenvalue weighted by atomic mass is 16.5. The summed E-state index contributed by atoms with van der Waals surface area (Å²) in [6.07, 6.45) is 2.62. The topological polar surface area (TPSA) is 32.7 Å². The van der Waals surface area contributed by atoms with Gasteiger partial charge in [-0.25, -0.2) is 0 Å². The number of likely N-dealkylation sites (N-methyl/N-ethyl adjacent to an activating group) is 1. The van der Waals surface area contributed by atoms with Crippen LogP contribution >= 0.6 is 0 Å². The van der Waals surface area contributed by atoms with Crippen LogP contribution in [-0.2, 0) is 6.54 Å². The van der Waals surface area contributed by atoms with Gasteiger partial charge in [0.05, 0.1) is 13.2 Å². The van der Waals surface area contributed by atoms with Gasteiger partial charge in [0.1, 0.15) is 5.75 Å². The van der Waals surface area contributed by atoms with Crippen LogP contribution in [0, 0.1) is 5.92 Å². The monoisotopic (exact) mass is 235 g/mol. The summed E-state index contributed by atoms with van der Waals surface area (Å²) >= 11 is 0. The van der Waals surface area contributed by atoms with Gasteiger partial charge in [0.15, 0.2) is 0 Å². The SMILES string of the molecule is CN(CCO)Cc1ccccc1OCC1CC1. The van der Waals surface area contributed by atoms with E-state index >= 15 is 0 Å². The molecule has 0 saturated heterocycles. The van der Waals surface area contributed by atoms with E-state index in [4.69, 9.17) is 9.84 Å². The molecule has 1 aromatic carbocycles. The van der Waals surface area contributed by atoms with Crippen molar-refractivity contribution in [1.29, 1.82) is 0 Å². The molecule has 2 rings (SSSR count). The Balaban J connectivity index is 1.93. The third kappa shape index (κ3) is 4.02. The second-order valence-electron chi connectivity index (χ2n) is 4.82. The number of hydrogen-bond donors (Lipinski definition) is 1. The molecule has 1 N–H and O–H groups in total. The molecule has 1 aliphatic carbocycles. The first kappa shape index (κ1) is 12.4. The highest BCUT2D eigenvalue weighted by molar-refractivity contribution is 5.33. The Kier molecular flexibility index (Phi) is 4.40. The zero-order valence-corrected chi connectivity index (χ0v) is 10.4. The van der Waals surface area contributed by atoms with Crippen molar-refractivity contribution >= 4 is 0 Å². The number of aliphatic hydroxyl groups is 1. The molecule has 17 heavy (non-hydrogen) atoms. The van der Waals surface area contributed by atoms with Gasteiger partial charge in [-0.1, -0.05) is 18.2 Å². The third-order valence-electron chi connectivity index (χ3n) is 3.07. The zero-order valence-electron chi connectivity index (χ0n) is 10.4. The predicted molar refractivity (Wildman–Crippen MR) is 68.1 cm³/mol. The molecule has 0 aliphatic heterocycles. The average molecular weight is 235 g/mol. The largest absolute Gasteiger partial charge is 0.493 e. The summed E-state index contributed by atoms with van der Waals surface area (Å²) in [7, 11) is 2.01. The first-order valence-corrected chi connectivity index (χ1v) is 6.29. The molecule has 0 spiro atoms. The highest BCUT2D eigenvalue weighted by Crippen LogP contribution is 2.30. The van der Waals surface area contributed by atoms with Gasteiger partial charge in [0.25, 0.3) is 0 Å². The maximum atomic E-state index is 8.90. The minimum Gasteiger partial charge on any atom is -0.493 e. The average Bonchev–Trinajstić information content (AvgIpc) is 3.12. The molecule has 0 unspecified atom stereocenters. The van der Waals surface area contributed by atoms with Gasteiger partial charge in [-0.05, 0) is 31.9 Å². The van der Waals surface area contributed by atoms with E-state index in [1.165, 1.54) is 18.4 Å². The van der Waals surface area contributed by atoms with Crippen LogP contribution < -0.4 is 4.74 Å². The van der Waals surface area contributed by atoms with E-state index < -0.39 is 0 Å². The molecule has 1 aliphatic rings. The molecule has 94 valence electrons. The summed E-state index contributed by atoms with van der Waals surface area (Å²) in [6.45, 7) is 2.56. The Morgan fingerprint density at radius 3 is 2.82 bits per heavy atom. The van der Waals surface area contributed by atoms with Crippen molar-refractivity contribution in [3.8, 4) is 5.75 Å². The molecular formula is C14H21NO2. The number of rotatable bonds is 7. The van der Waals surface area contributed by atoms with Crippen molar-refractivity contribution in [3.63, 3.8) is 0 Å². The second kappa shape index (κ2) is 6.03. The number of hydrogen-bond acceptors (Lipinski definition) is 3. The number of aliphatic hydroxyl groups excluding tert-OH is 1. The molecule has 0 bridgehead atoms. The van der Waals surface area contributed by atoms with Crippen LogP contribution in [0.3, 0.4) is 0 Å². The van der Waals surface area contributed by atoms with E-state index in [1.807, 2.05) is 25.2 Å². The van der Waals surface area contributed by atoms with Gasteiger partial charge in [0.2, 0.25) is 0 Å². The minimum atomic E-state index is 0.196. The first-order valence-electron chi connectivity index (χ1n) is 6.29. The zero-order chi connectivity index (χ0) is 12.1. The van der Waals surface area contributed by atoms with Crippen molar-refractivity contribution in [1.82, 2.24) is 4.90 Å². The van der Waals surface area contributed by atoms with Crippen LogP contribution in [0.2, 0.25) is 0 Å². The van der Waals surface area contributed by atoms with Crippen LogP contribution in [0.5, 0.6) is 5.75 Å². The van der Waals surface area contributed by atoms with Crippen LogP contribution in [0.15, 0.2) is 24.3 Å². The van der Waals surface area contributed by atoms with Gasteiger partial charge in [-0.2, -0.15) is 0 Å². The van der Waals surface area contributed by atoms with Gasteiger partial charge >= 0.3 is 0 Å². The summed E-state index contributed by atoms with van der Waals surface area (Å²) in [4.78, 5) is 2.10. The highest BCUT2D eigenvalue weighted by Gasteiger charge is 2.22. The number of benzene rings is 1. The Bertz CT molecular complexity index is 350. The van der Waals surface area contributed by atoms with E-state index in [-0.39, 0.29) is 6.61 Å². The lowest BCUT2D eigenvalue weighted by Gasteiger charge is -2.17. The fourth-order valence-corrected chi connectivity index (χ4v) is 1.81. The normalized spacial score (nSPS) is 15.2. The summed E-state index contributed by atoms with van der Waals surface area (Å²) in [5, 5.41) is 8.90. The predicted octanol–water partition coefficient (Wildman–Crippen LogP) is 1.90. The summed E-state index contributed by atoms with van der Waals surface area (Å²) in [5.74, 6) is 1.77. The Labute approximate surface area is 103 Å². The number of para-hydroxylation sites is 1. The lowest BCUT2D eigenvalue weighted by atomic mass is 10.2. The molecule has 1 saturated carbocycles. The molecule has 0 radical (unpaired) electrons. The maximum absolute atomic E-state index is 8.90. The molecule has 1 fully saturated rings. The number of ether oxygens (including phenoxy) is 1. The van der Waals surface area contributed by atoms with E-state index in [0.717, 1.165) is 24.8 Å². The Morgan fingerprint density at radius 1 is 1.35 bits per heavy atom. The molecule has 0 atom stereocenters. The van der Waals surface area contributed by atoms with Crippen molar-refractivity contribution < 1.29 is 9.84 Å². The minimum absolute atomic E-state index is 0.196. The van der Waals surface area contributed by atoms with E-state index in [0.29, 0.717) is 6.54 Å².